The summed E-state index contributed by atoms with van der Waals surface area (Å²) in [7, 11) is 0. The largest absolute Gasteiger partial charge is 0.507 e. The van der Waals surface area contributed by atoms with Crippen LogP contribution in [0.3, 0.4) is 0 Å². The van der Waals surface area contributed by atoms with E-state index in [0.717, 1.165) is 9.58 Å². The van der Waals surface area contributed by atoms with Gasteiger partial charge in [0, 0.05) is 15.6 Å². The lowest BCUT2D eigenvalue weighted by Crippen LogP contribution is -2.32. The maximum Gasteiger partial charge on any atom is 0.174 e. The number of aromatic hydroxyl groups is 1. The van der Waals surface area contributed by atoms with E-state index in [0.29, 0.717) is 0 Å². The van der Waals surface area contributed by atoms with Gasteiger partial charge in [0.25, 0.3) is 0 Å². The first-order valence-electron chi connectivity index (χ1n) is 6.24. The Bertz CT molecular complexity index is 664. The predicted molar refractivity (Wildman–Crippen MR) is 91.0 cm³/mol. The molecule has 0 saturated heterocycles. The third-order valence-electron chi connectivity index (χ3n) is 2.91. The number of nitrogens with zero attached hydrogens (tertiary/aromatic N) is 1. The number of ketones is 1. The molecule has 5 nitrogen and oxygen atoms in total. The van der Waals surface area contributed by atoms with Crippen molar-refractivity contribution >= 4 is 35.7 Å². The summed E-state index contributed by atoms with van der Waals surface area (Å²) in [4.78, 5) is 22.8. The monoisotopic (exact) mass is 399 g/mol. The number of fused-ring (bicyclic) bond motifs is 1. The Labute approximate surface area is 132 Å². The van der Waals surface area contributed by atoms with E-state index in [9.17, 15) is 14.8 Å². The molecule has 1 aliphatic heterocycles. The van der Waals surface area contributed by atoms with Crippen LogP contribution in [0, 0.1) is 4.91 Å². The molecule has 1 atom stereocenters. The van der Waals surface area contributed by atoms with Gasteiger partial charge >= 0.3 is 0 Å². The number of phenolic OH excluding ortho intramolecular Hbond substituents is 1. The normalized spacial score (nSPS) is 18.6. The molecule has 2 rings (SSSR count). The highest BCUT2D eigenvalue weighted by atomic mass is 127. The van der Waals surface area contributed by atoms with Crippen LogP contribution in [0.5, 0.6) is 11.5 Å². The molecule has 0 unspecified atom stereocenters. The molecular weight excluding hydrogens is 385 g/mol. The van der Waals surface area contributed by atoms with Crippen molar-refractivity contribution in [3.8, 4) is 11.5 Å². The van der Waals surface area contributed by atoms with Gasteiger partial charge in [-0.1, -0.05) is 39.5 Å². The van der Waals surface area contributed by atoms with Crippen molar-refractivity contribution in [2.75, 3.05) is 0 Å². The van der Waals surface area contributed by atoms with Gasteiger partial charge in [0.05, 0.1) is 6.42 Å². The Hall–Kier alpha value is -1.83. The Kier molecular flexibility index (Phi) is 5.00. The summed E-state index contributed by atoms with van der Waals surface area (Å²) in [6.45, 7) is 5.70. The van der Waals surface area contributed by atoms with Crippen LogP contribution in [0.15, 0.2) is 40.1 Å². The third-order valence-corrected chi connectivity index (χ3v) is 5.84. The molecule has 6 heteroatoms. The minimum Gasteiger partial charge on any atom is -0.507 e. The predicted octanol–water partition coefficient (Wildman–Crippen LogP) is 3.99. The van der Waals surface area contributed by atoms with Crippen LogP contribution < -0.4 is 4.74 Å². The number of carbonyl (C=O) groups excluding carboxylic acids is 1. The second kappa shape index (κ2) is 6.75. The number of halogens is 1. The molecule has 0 saturated carbocycles. The molecule has 1 aliphatic rings. The van der Waals surface area contributed by atoms with E-state index in [1.54, 1.807) is 6.08 Å². The molecule has 0 aliphatic carbocycles. The summed E-state index contributed by atoms with van der Waals surface area (Å²) in [5.41, 5.74) is 0.148. The number of allylic oxidation sites excluding steroid dienone is 1. The van der Waals surface area contributed by atoms with E-state index in [4.69, 9.17) is 4.74 Å². The van der Waals surface area contributed by atoms with Crippen LogP contribution >= 0.6 is 20.7 Å². The first-order chi connectivity index (χ1) is 10.1. The molecule has 1 aromatic carbocycles. The van der Waals surface area contributed by atoms with Crippen molar-refractivity contribution in [2.45, 2.75) is 19.4 Å². The average molecular weight is 399 g/mol. The Morgan fingerprint density at radius 3 is 2.95 bits per heavy atom. The number of hydrogen-bond donors (Lipinski definition) is 1. The molecule has 0 amide bonds. The van der Waals surface area contributed by atoms with E-state index in [2.05, 4.69) is 15.8 Å². The van der Waals surface area contributed by atoms with Crippen molar-refractivity contribution in [1.82, 2.24) is 0 Å². The van der Waals surface area contributed by atoms with Gasteiger partial charge in [0.15, 0.2) is 5.78 Å². The SMILES string of the molecule is C=CC(=I/C=C\C)[C@@H]1CC(=O)c2c(O)cc(N=O)cc2O1. The number of phenols is 1. The van der Waals surface area contributed by atoms with Crippen LogP contribution in [0.1, 0.15) is 23.7 Å². The smallest absolute Gasteiger partial charge is 0.174 e. The zero-order valence-corrected chi connectivity index (χ0v) is 13.5. The quantitative estimate of drug-likeness (QED) is 0.614. The maximum absolute atomic E-state index is 12.2. The van der Waals surface area contributed by atoms with E-state index in [1.807, 2.05) is 13.0 Å². The van der Waals surface area contributed by atoms with Gasteiger partial charge in [-0.15, -0.1) is 4.91 Å². The summed E-state index contributed by atoms with van der Waals surface area (Å²) < 4.78 is 8.82. The van der Waals surface area contributed by atoms with E-state index < -0.39 is 26.8 Å². The van der Waals surface area contributed by atoms with Crippen LogP contribution in [0.2, 0.25) is 0 Å². The first-order valence-corrected chi connectivity index (χ1v) is 8.57. The minimum absolute atomic E-state index is 0.0306. The number of benzene rings is 1. The molecule has 1 N–H and O–H groups in total. The molecular formula is C15H14INO4. The number of hydrogen-bond acceptors (Lipinski definition) is 5. The Balaban J connectivity index is 2.44. The third kappa shape index (κ3) is 3.26. The van der Waals surface area contributed by atoms with Gasteiger partial charge < -0.3 is 9.84 Å². The van der Waals surface area contributed by atoms with Crippen molar-refractivity contribution in [1.29, 1.82) is 0 Å². The van der Waals surface area contributed by atoms with E-state index in [-0.39, 0.29) is 35.0 Å². The molecule has 0 aromatic heterocycles. The molecule has 21 heavy (non-hydrogen) atoms. The number of nitroso groups, excluding NO2 is 1. The van der Waals surface area contributed by atoms with Gasteiger partial charge in [-0.05, 0) is 16.2 Å². The van der Waals surface area contributed by atoms with Crippen molar-refractivity contribution in [2.24, 2.45) is 5.18 Å². The fourth-order valence-corrected chi connectivity index (χ4v) is 3.79. The van der Waals surface area contributed by atoms with Gasteiger partial charge in [-0.3, -0.25) is 4.79 Å². The topological polar surface area (TPSA) is 76.0 Å². The van der Waals surface area contributed by atoms with Gasteiger partial charge in [0.2, 0.25) is 0 Å². The number of ether oxygens (including phenoxy) is 1. The lowest BCUT2D eigenvalue weighted by molar-refractivity contribution is 0.0904. The van der Waals surface area contributed by atoms with Crippen molar-refractivity contribution in [3.05, 3.63) is 45.4 Å². The summed E-state index contributed by atoms with van der Waals surface area (Å²) in [5, 5.41) is 12.6. The second-order valence-corrected chi connectivity index (χ2v) is 6.91. The minimum atomic E-state index is -0.403. The van der Waals surface area contributed by atoms with Gasteiger partial charge in [0.1, 0.15) is 28.9 Å². The highest BCUT2D eigenvalue weighted by molar-refractivity contribution is 14.2. The number of rotatable bonds is 4. The average Bonchev–Trinajstić information content (AvgIpc) is 2.47. The van der Waals surface area contributed by atoms with Crippen LogP contribution in [-0.2, 0) is 0 Å². The summed E-state index contributed by atoms with van der Waals surface area (Å²) >= 11 is -0.403. The van der Waals surface area contributed by atoms with Crippen LogP contribution in [-0.4, -0.2) is 20.5 Å². The molecule has 0 radical (unpaired) electrons. The molecule has 0 spiro atoms. The first kappa shape index (κ1) is 15.6. The summed E-state index contributed by atoms with van der Waals surface area (Å²) in [5.74, 6) is -0.274. The fraction of sp³-hybridized carbons (Fsp3) is 0.200. The second-order valence-electron chi connectivity index (χ2n) is 4.32. The van der Waals surface area contributed by atoms with Gasteiger partial charge in [-0.2, -0.15) is 0 Å². The maximum atomic E-state index is 12.2. The molecule has 0 fully saturated rings. The molecule has 0 bridgehead atoms. The molecule has 110 valence electrons. The number of carbonyl (C=O) groups is 1. The van der Waals surface area contributed by atoms with Gasteiger partial charge in [-0.25, -0.2) is 0 Å². The molecule has 1 aromatic rings. The van der Waals surface area contributed by atoms with Crippen molar-refractivity contribution < 1.29 is 14.6 Å². The number of Topliss-reactive ketones (excluding diaryl/α,β-unsaturated/α-hetero) is 1. The van der Waals surface area contributed by atoms with E-state index >= 15 is 0 Å². The van der Waals surface area contributed by atoms with Crippen LogP contribution in [0.25, 0.3) is 0 Å². The lowest BCUT2D eigenvalue weighted by Gasteiger charge is -2.26. The standard InChI is InChI=1S/C15H14INO4/c1-3-5-16-10(4-2)13-8-12(19)15-11(18)6-9(17-20)7-14(15)21-13/h3-7,13,18H,2,8H2,1H3/b5-3-/t13-/m0/s1. The molecule has 1 heterocycles. The highest BCUT2D eigenvalue weighted by Gasteiger charge is 2.31. The van der Waals surface area contributed by atoms with E-state index in [1.165, 1.54) is 6.07 Å². The highest BCUT2D eigenvalue weighted by Crippen LogP contribution is 2.38. The zero-order chi connectivity index (χ0) is 15.4. The Morgan fingerprint density at radius 1 is 1.57 bits per heavy atom. The summed E-state index contributed by atoms with van der Waals surface area (Å²) in [6, 6.07) is 2.54. The van der Waals surface area contributed by atoms with Crippen molar-refractivity contribution in [3.63, 3.8) is 0 Å². The fourth-order valence-electron chi connectivity index (χ4n) is 2.01. The Morgan fingerprint density at radius 2 is 2.33 bits per heavy atom. The summed E-state index contributed by atoms with van der Waals surface area (Å²) in [6.07, 6.45) is 3.44. The zero-order valence-electron chi connectivity index (χ0n) is 11.4. The lowest BCUT2D eigenvalue weighted by atomic mass is 9.98. The van der Waals surface area contributed by atoms with Crippen LogP contribution in [0.4, 0.5) is 5.69 Å².